The molecule has 1 aromatic carbocycles. The molecule has 138 valence electrons. The van der Waals surface area contributed by atoms with Gasteiger partial charge in [0.2, 0.25) is 5.95 Å². The van der Waals surface area contributed by atoms with E-state index in [0.717, 1.165) is 12.1 Å². The minimum absolute atomic E-state index is 0.218. The van der Waals surface area contributed by atoms with Crippen molar-refractivity contribution in [2.75, 3.05) is 5.32 Å². The molecule has 6 nitrogen and oxygen atoms in total. The minimum Gasteiger partial charge on any atom is -0.352 e. The Hall–Kier alpha value is -2.84. The maximum Gasteiger partial charge on any atom is 0.416 e. The van der Waals surface area contributed by atoms with Gasteiger partial charge in [-0.05, 0) is 38.5 Å². The van der Waals surface area contributed by atoms with Crippen molar-refractivity contribution in [2.45, 2.75) is 39.0 Å². The Bertz CT molecular complexity index is 981. The van der Waals surface area contributed by atoms with Crippen molar-refractivity contribution < 1.29 is 13.2 Å². The molecule has 0 fully saturated rings. The van der Waals surface area contributed by atoms with Crippen molar-refractivity contribution in [3.63, 3.8) is 0 Å². The summed E-state index contributed by atoms with van der Waals surface area (Å²) in [5, 5.41) is 7.53. The lowest BCUT2D eigenvalue weighted by Crippen LogP contribution is -2.24. The summed E-state index contributed by atoms with van der Waals surface area (Å²) < 4.78 is 39.4. The number of halogens is 3. The summed E-state index contributed by atoms with van der Waals surface area (Å²) in [5.74, 6) is 0.230. The van der Waals surface area contributed by atoms with E-state index in [0.29, 0.717) is 16.6 Å². The number of hydrogen-bond donors (Lipinski definition) is 2. The summed E-state index contributed by atoms with van der Waals surface area (Å²) in [6.45, 7) is 6.04. The highest BCUT2D eigenvalue weighted by atomic mass is 19.4. The lowest BCUT2D eigenvalue weighted by molar-refractivity contribution is -0.137. The van der Waals surface area contributed by atoms with Crippen LogP contribution >= 0.6 is 0 Å². The number of anilines is 1. The molecule has 0 atom stereocenters. The molecule has 9 heteroatoms. The van der Waals surface area contributed by atoms with Gasteiger partial charge in [0.25, 0.3) is 5.56 Å². The highest BCUT2D eigenvalue weighted by Crippen LogP contribution is 2.29. The first-order valence-corrected chi connectivity index (χ1v) is 7.94. The maximum absolute atomic E-state index is 12.6. The van der Waals surface area contributed by atoms with Crippen molar-refractivity contribution in [3.05, 3.63) is 51.9 Å². The van der Waals surface area contributed by atoms with Gasteiger partial charge in [0.15, 0.2) is 5.65 Å². The van der Waals surface area contributed by atoms with E-state index in [-0.39, 0.29) is 23.6 Å². The van der Waals surface area contributed by atoms with Crippen LogP contribution in [0.5, 0.6) is 0 Å². The zero-order valence-corrected chi connectivity index (χ0v) is 14.5. The van der Waals surface area contributed by atoms with Crippen LogP contribution in [-0.4, -0.2) is 19.7 Å². The van der Waals surface area contributed by atoms with E-state index in [1.165, 1.54) is 18.3 Å². The first-order valence-electron chi connectivity index (χ1n) is 7.94. The van der Waals surface area contributed by atoms with Crippen LogP contribution in [0.15, 0.2) is 35.3 Å². The molecule has 0 saturated carbocycles. The normalized spacial score (nSPS) is 12.5. The summed E-state index contributed by atoms with van der Waals surface area (Å²) in [6, 6.07) is 4.80. The summed E-state index contributed by atoms with van der Waals surface area (Å²) in [4.78, 5) is 19.2. The van der Waals surface area contributed by atoms with E-state index in [1.807, 2.05) is 20.8 Å². The number of alkyl halides is 3. The fourth-order valence-electron chi connectivity index (χ4n) is 2.49. The van der Waals surface area contributed by atoms with Gasteiger partial charge in [-0.25, -0.2) is 4.68 Å². The summed E-state index contributed by atoms with van der Waals surface area (Å²) in [7, 11) is 0. The van der Waals surface area contributed by atoms with Crippen LogP contribution in [-0.2, 0) is 18.3 Å². The molecule has 0 amide bonds. The van der Waals surface area contributed by atoms with Crippen LogP contribution in [0.4, 0.5) is 19.1 Å². The molecule has 2 heterocycles. The molecule has 0 radical (unpaired) electrons. The molecule has 0 aliphatic rings. The Labute approximate surface area is 147 Å². The van der Waals surface area contributed by atoms with E-state index in [4.69, 9.17) is 0 Å². The van der Waals surface area contributed by atoms with Gasteiger partial charge in [0.1, 0.15) is 5.39 Å². The highest BCUT2D eigenvalue weighted by molar-refractivity contribution is 5.74. The molecule has 2 aromatic heterocycles. The number of nitrogens with one attached hydrogen (secondary N) is 2. The average molecular weight is 365 g/mol. The van der Waals surface area contributed by atoms with Gasteiger partial charge in [0, 0.05) is 6.54 Å². The summed E-state index contributed by atoms with van der Waals surface area (Å²) >= 11 is 0. The predicted molar refractivity (Wildman–Crippen MR) is 91.9 cm³/mol. The Morgan fingerprint density at radius 2 is 1.81 bits per heavy atom. The predicted octanol–water partition coefficient (Wildman–Crippen LogP) is 3.51. The molecule has 26 heavy (non-hydrogen) atoms. The monoisotopic (exact) mass is 365 g/mol. The van der Waals surface area contributed by atoms with Gasteiger partial charge in [-0.15, -0.1) is 0 Å². The van der Waals surface area contributed by atoms with Crippen LogP contribution in [0.3, 0.4) is 0 Å². The van der Waals surface area contributed by atoms with Crippen LogP contribution < -0.4 is 10.9 Å². The van der Waals surface area contributed by atoms with Crippen molar-refractivity contribution in [3.8, 4) is 0 Å². The molecule has 0 spiro atoms. The first-order chi connectivity index (χ1) is 12.1. The number of aromatic nitrogens is 4. The number of hydrogen-bond acceptors (Lipinski definition) is 4. The lowest BCUT2D eigenvalue weighted by atomic mass is 10.1. The van der Waals surface area contributed by atoms with E-state index in [9.17, 15) is 18.0 Å². The number of fused-ring (bicyclic) bond motifs is 1. The molecule has 0 unspecified atom stereocenters. The lowest BCUT2D eigenvalue weighted by Gasteiger charge is -2.19. The molecule has 0 aliphatic heterocycles. The topological polar surface area (TPSA) is 75.6 Å². The quantitative estimate of drug-likeness (QED) is 0.745. The third-order valence-corrected chi connectivity index (χ3v) is 3.81. The van der Waals surface area contributed by atoms with E-state index in [1.54, 1.807) is 4.68 Å². The van der Waals surface area contributed by atoms with Crippen LogP contribution in [0.2, 0.25) is 0 Å². The van der Waals surface area contributed by atoms with Crippen LogP contribution in [0.1, 0.15) is 31.9 Å². The van der Waals surface area contributed by atoms with E-state index in [2.05, 4.69) is 20.4 Å². The fourth-order valence-corrected chi connectivity index (χ4v) is 2.49. The fraction of sp³-hybridized carbons (Fsp3) is 0.353. The van der Waals surface area contributed by atoms with Crippen molar-refractivity contribution in [2.24, 2.45) is 0 Å². The number of H-pyrrole nitrogens is 1. The Kier molecular flexibility index (Phi) is 4.25. The molecule has 2 N–H and O–H groups in total. The van der Waals surface area contributed by atoms with Gasteiger partial charge in [-0.2, -0.15) is 23.3 Å². The largest absolute Gasteiger partial charge is 0.416 e. The molecule has 0 aliphatic carbocycles. The van der Waals surface area contributed by atoms with Gasteiger partial charge in [-0.3, -0.25) is 9.78 Å². The standard InChI is InChI=1S/C17H18F3N5O/c1-16(2,3)25-13-12(9-22-25)14(26)24-15(23-13)21-8-10-4-6-11(7-5-10)17(18,19)20/h4-7,9H,8H2,1-3H3,(H2,21,23,24,26). The van der Waals surface area contributed by atoms with Gasteiger partial charge >= 0.3 is 6.18 Å². The van der Waals surface area contributed by atoms with E-state index < -0.39 is 11.7 Å². The zero-order valence-electron chi connectivity index (χ0n) is 14.5. The van der Waals surface area contributed by atoms with Crippen molar-refractivity contribution in [1.82, 2.24) is 19.7 Å². The molecular weight excluding hydrogens is 347 g/mol. The SMILES string of the molecule is CC(C)(C)n1ncc2c(=O)[nH]c(NCc3ccc(C(F)(F)F)cc3)nc21. The Balaban J connectivity index is 1.84. The Morgan fingerprint density at radius 1 is 1.15 bits per heavy atom. The molecular formula is C17H18F3N5O. The maximum atomic E-state index is 12.6. The zero-order chi connectivity index (χ0) is 19.1. The highest BCUT2D eigenvalue weighted by Gasteiger charge is 2.29. The first kappa shape index (κ1) is 18.0. The molecule has 0 bridgehead atoms. The third-order valence-electron chi connectivity index (χ3n) is 3.81. The number of aromatic amines is 1. The second-order valence-corrected chi connectivity index (χ2v) is 6.93. The molecule has 0 saturated heterocycles. The van der Waals surface area contributed by atoms with Gasteiger partial charge < -0.3 is 5.32 Å². The second kappa shape index (κ2) is 6.15. The third kappa shape index (κ3) is 3.56. The van der Waals surface area contributed by atoms with Gasteiger partial charge in [0.05, 0.1) is 17.3 Å². The summed E-state index contributed by atoms with van der Waals surface area (Å²) in [6.07, 6.45) is -2.90. The second-order valence-electron chi connectivity index (χ2n) is 6.93. The van der Waals surface area contributed by atoms with Crippen LogP contribution in [0.25, 0.3) is 11.0 Å². The van der Waals surface area contributed by atoms with E-state index >= 15 is 0 Å². The number of benzene rings is 1. The summed E-state index contributed by atoms with van der Waals surface area (Å²) in [5.41, 5.74) is -0.322. The van der Waals surface area contributed by atoms with Crippen molar-refractivity contribution >= 4 is 17.0 Å². The van der Waals surface area contributed by atoms with Gasteiger partial charge in [-0.1, -0.05) is 12.1 Å². The molecule has 3 aromatic rings. The average Bonchev–Trinajstić information content (AvgIpc) is 2.97. The minimum atomic E-state index is -4.37. The Morgan fingerprint density at radius 3 is 2.38 bits per heavy atom. The van der Waals surface area contributed by atoms with Crippen molar-refractivity contribution in [1.29, 1.82) is 0 Å². The number of rotatable bonds is 3. The number of nitrogens with zero attached hydrogens (tertiary/aromatic N) is 3. The smallest absolute Gasteiger partial charge is 0.352 e. The van der Waals surface area contributed by atoms with Crippen LogP contribution in [0, 0.1) is 0 Å². The molecule has 3 rings (SSSR count).